The Morgan fingerprint density at radius 1 is 1.17 bits per heavy atom. The molecule has 128 valence electrons. The second-order valence-electron chi connectivity index (χ2n) is 7.53. The van der Waals surface area contributed by atoms with Gasteiger partial charge in [-0.1, -0.05) is 32.9 Å². The molecule has 4 nitrogen and oxygen atoms in total. The Hall–Kier alpha value is -1.55. The van der Waals surface area contributed by atoms with Crippen molar-refractivity contribution in [2.24, 2.45) is 0 Å². The summed E-state index contributed by atoms with van der Waals surface area (Å²) in [4.78, 5) is 14.4. The molecule has 3 atom stereocenters. The maximum absolute atomic E-state index is 12.6. The van der Waals surface area contributed by atoms with E-state index in [-0.39, 0.29) is 23.5 Å². The van der Waals surface area contributed by atoms with Crippen LogP contribution in [0.15, 0.2) is 24.3 Å². The Morgan fingerprint density at radius 2 is 1.70 bits per heavy atom. The first-order valence-corrected chi connectivity index (χ1v) is 8.38. The van der Waals surface area contributed by atoms with Crippen molar-refractivity contribution >= 4 is 5.91 Å². The molecule has 4 heteroatoms. The second-order valence-corrected chi connectivity index (χ2v) is 7.53. The molecule has 1 amide bonds. The van der Waals surface area contributed by atoms with Crippen LogP contribution in [0.25, 0.3) is 0 Å². The summed E-state index contributed by atoms with van der Waals surface area (Å²) in [6, 6.07) is 8.00. The molecule has 1 aromatic rings. The Labute approximate surface area is 139 Å². The summed E-state index contributed by atoms with van der Waals surface area (Å²) < 4.78 is 11.5. The first-order valence-electron chi connectivity index (χ1n) is 8.38. The highest BCUT2D eigenvalue weighted by molar-refractivity contribution is 5.81. The second kappa shape index (κ2) is 6.91. The largest absolute Gasteiger partial charge is 0.481 e. The molecule has 23 heavy (non-hydrogen) atoms. The van der Waals surface area contributed by atoms with Crippen LogP contribution < -0.4 is 4.74 Å². The summed E-state index contributed by atoms with van der Waals surface area (Å²) in [5.41, 5.74) is 1.36. The Kier molecular flexibility index (Phi) is 5.35. The van der Waals surface area contributed by atoms with Crippen LogP contribution in [0.4, 0.5) is 0 Å². The monoisotopic (exact) mass is 319 g/mol. The van der Waals surface area contributed by atoms with E-state index in [0.717, 1.165) is 5.75 Å². The lowest BCUT2D eigenvalue weighted by Gasteiger charge is -2.36. The minimum atomic E-state index is -0.493. The van der Waals surface area contributed by atoms with Gasteiger partial charge in [0.05, 0.1) is 12.2 Å². The van der Waals surface area contributed by atoms with Gasteiger partial charge in [0.2, 0.25) is 0 Å². The number of nitrogens with zero attached hydrogens (tertiary/aromatic N) is 1. The standard InChI is InChI=1S/C19H29NO3/c1-13-11-20(12-14(2)22-13)18(21)15(3)23-17-9-7-16(8-10-17)19(4,5)6/h7-10,13-15H,11-12H2,1-6H3/t13-,14-,15+/m1/s1. The van der Waals surface area contributed by atoms with E-state index in [4.69, 9.17) is 9.47 Å². The first kappa shape index (κ1) is 17.8. The molecule has 1 saturated heterocycles. The molecule has 1 aliphatic heterocycles. The predicted octanol–water partition coefficient (Wildman–Crippen LogP) is 3.39. The fourth-order valence-corrected chi connectivity index (χ4v) is 2.90. The molecule has 0 bridgehead atoms. The van der Waals surface area contributed by atoms with Gasteiger partial charge in [-0.2, -0.15) is 0 Å². The van der Waals surface area contributed by atoms with Gasteiger partial charge in [0, 0.05) is 13.1 Å². The summed E-state index contributed by atoms with van der Waals surface area (Å²) in [6.45, 7) is 13.6. The van der Waals surface area contributed by atoms with Crippen LogP contribution in [0.5, 0.6) is 5.75 Å². The molecular formula is C19H29NO3. The van der Waals surface area contributed by atoms with E-state index >= 15 is 0 Å². The number of ether oxygens (including phenoxy) is 2. The van der Waals surface area contributed by atoms with Crippen molar-refractivity contribution in [3.8, 4) is 5.75 Å². The zero-order chi connectivity index (χ0) is 17.2. The number of amides is 1. The van der Waals surface area contributed by atoms with Crippen LogP contribution in [0.2, 0.25) is 0 Å². The van der Waals surface area contributed by atoms with Crippen molar-refractivity contribution in [1.82, 2.24) is 4.90 Å². The van der Waals surface area contributed by atoms with Gasteiger partial charge in [-0.25, -0.2) is 0 Å². The molecule has 0 unspecified atom stereocenters. The van der Waals surface area contributed by atoms with E-state index in [9.17, 15) is 4.79 Å². The smallest absolute Gasteiger partial charge is 0.263 e. The van der Waals surface area contributed by atoms with Gasteiger partial charge in [-0.15, -0.1) is 0 Å². The zero-order valence-corrected chi connectivity index (χ0v) is 15.1. The molecule has 2 rings (SSSR count). The molecule has 0 spiro atoms. The van der Waals surface area contributed by atoms with Crippen LogP contribution in [-0.4, -0.2) is 42.2 Å². The van der Waals surface area contributed by atoms with E-state index < -0.39 is 6.10 Å². The Morgan fingerprint density at radius 3 is 2.17 bits per heavy atom. The number of carbonyl (C=O) groups is 1. The molecule has 1 heterocycles. The molecule has 1 fully saturated rings. The highest BCUT2D eigenvalue weighted by atomic mass is 16.5. The van der Waals surface area contributed by atoms with Crippen LogP contribution >= 0.6 is 0 Å². The fourth-order valence-electron chi connectivity index (χ4n) is 2.90. The van der Waals surface area contributed by atoms with Crippen molar-refractivity contribution in [2.45, 2.75) is 65.3 Å². The van der Waals surface area contributed by atoms with Gasteiger partial charge < -0.3 is 14.4 Å². The predicted molar refractivity (Wildman–Crippen MR) is 91.8 cm³/mol. The Balaban J connectivity index is 1.98. The third-order valence-corrected chi connectivity index (χ3v) is 4.11. The molecule has 0 N–H and O–H groups in total. The summed E-state index contributed by atoms with van der Waals surface area (Å²) in [6.07, 6.45) is -0.352. The molecule has 1 aromatic carbocycles. The van der Waals surface area contributed by atoms with Crippen LogP contribution in [0, 0.1) is 0 Å². The molecule has 0 aliphatic carbocycles. The van der Waals surface area contributed by atoms with E-state index in [1.165, 1.54) is 5.56 Å². The zero-order valence-electron chi connectivity index (χ0n) is 15.1. The molecule has 1 aliphatic rings. The molecule has 0 saturated carbocycles. The third kappa shape index (κ3) is 4.71. The Bertz CT molecular complexity index is 523. The van der Waals surface area contributed by atoms with Crippen LogP contribution in [-0.2, 0) is 14.9 Å². The van der Waals surface area contributed by atoms with Crippen molar-refractivity contribution in [1.29, 1.82) is 0 Å². The average molecular weight is 319 g/mol. The normalized spacial score (nSPS) is 23.5. The number of hydrogen-bond donors (Lipinski definition) is 0. The van der Waals surface area contributed by atoms with Crippen molar-refractivity contribution in [2.75, 3.05) is 13.1 Å². The minimum absolute atomic E-state index is 0.0203. The third-order valence-electron chi connectivity index (χ3n) is 4.11. The maximum Gasteiger partial charge on any atom is 0.263 e. The number of benzene rings is 1. The molecule has 0 radical (unpaired) electrons. The summed E-state index contributed by atoms with van der Waals surface area (Å²) >= 11 is 0. The fraction of sp³-hybridized carbons (Fsp3) is 0.632. The summed E-state index contributed by atoms with van der Waals surface area (Å²) in [5.74, 6) is 0.750. The van der Waals surface area contributed by atoms with E-state index in [1.807, 2.05) is 37.8 Å². The summed E-state index contributed by atoms with van der Waals surface area (Å²) in [7, 11) is 0. The lowest BCUT2D eigenvalue weighted by Crippen LogP contribution is -2.51. The van der Waals surface area contributed by atoms with Crippen LogP contribution in [0.3, 0.4) is 0 Å². The van der Waals surface area contributed by atoms with Gasteiger partial charge in [0.25, 0.3) is 5.91 Å². The van der Waals surface area contributed by atoms with Gasteiger partial charge in [0.1, 0.15) is 5.75 Å². The van der Waals surface area contributed by atoms with Crippen LogP contribution in [0.1, 0.15) is 47.1 Å². The summed E-state index contributed by atoms with van der Waals surface area (Å²) in [5, 5.41) is 0. The quantitative estimate of drug-likeness (QED) is 0.857. The number of morpholine rings is 1. The number of carbonyl (C=O) groups excluding carboxylic acids is 1. The number of rotatable bonds is 3. The lowest BCUT2D eigenvalue weighted by atomic mass is 9.87. The van der Waals surface area contributed by atoms with E-state index in [2.05, 4.69) is 32.9 Å². The van der Waals surface area contributed by atoms with Gasteiger partial charge >= 0.3 is 0 Å². The molecular weight excluding hydrogens is 290 g/mol. The minimum Gasteiger partial charge on any atom is -0.481 e. The van der Waals surface area contributed by atoms with Gasteiger partial charge in [-0.05, 0) is 43.9 Å². The van der Waals surface area contributed by atoms with Crippen molar-refractivity contribution in [3.63, 3.8) is 0 Å². The molecule has 0 aromatic heterocycles. The maximum atomic E-state index is 12.6. The topological polar surface area (TPSA) is 38.8 Å². The highest BCUT2D eigenvalue weighted by Crippen LogP contribution is 2.25. The average Bonchev–Trinajstić information content (AvgIpc) is 2.45. The van der Waals surface area contributed by atoms with Crippen molar-refractivity contribution in [3.05, 3.63) is 29.8 Å². The van der Waals surface area contributed by atoms with E-state index in [1.54, 1.807) is 0 Å². The van der Waals surface area contributed by atoms with Gasteiger partial charge in [-0.3, -0.25) is 4.79 Å². The van der Waals surface area contributed by atoms with Crippen molar-refractivity contribution < 1.29 is 14.3 Å². The number of hydrogen-bond acceptors (Lipinski definition) is 3. The SMILES string of the molecule is C[C@@H]1CN(C(=O)[C@H](C)Oc2ccc(C(C)(C)C)cc2)C[C@@H](C)O1. The highest BCUT2D eigenvalue weighted by Gasteiger charge is 2.29. The first-order chi connectivity index (χ1) is 10.7. The van der Waals surface area contributed by atoms with E-state index in [0.29, 0.717) is 13.1 Å². The van der Waals surface area contributed by atoms with Gasteiger partial charge in [0.15, 0.2) is 6.10 Å². The lowest BCUT2D eigenvalue weighted by molar-refractivity contribution is -0.149.